The number of aryl methyl sites for hydroxylation is 2. The molecule has 1 aromatic heterocycles. The Morgan fingerprint density at radius 3 is 2.11 bits per heavy atom. The van der Waals surface area contributed by atoms with Gasteiger partial charge in [0.05, 0.1) is 17.9 Å². The minimum absolute atomic E-state index is 0.581. The van der Waals surface area contributed by atoms with E-state index in [0.717, 1.165) is 49.3 Å². The summed E-state index contributed by atoms with van der Waals surface area (Å²) in [4.78, 5) is 4.34. The zero-order valence-electron chi connectivity index (χ0n) is 15.7. The normalized spacial score (nSPS) is 10.4. The van der Waals surface area contributed by atoms with E-state index in [1.165, 1.54) is 11.1 Å². The van der Waals surface area contributed by atoms with Crippen LogP contribution in [0.4, 0.5) is 0 Å². The molecule has 3 aromatic rings. The van der Waals surface area contributed by atoms with Gasteiger partial charge in [-0.1, -0.05) is 49.7 Å². The highest BCUT2D eigenvalue weighted by Crippen LogP contribution is 2.19. The van der Waals surface area contributed by atoms with Crippen molar-refractivity contribution < 1.29 is 4.74 Å². The number of benzene rings is 2. The maximum absolute atomic E-state index is 8.86. The van der Waals surface area contributed by atoms with Gasteiger partial charge in [-0.3, -0.25) is 4.98 Å². The number of nitriles is 1. The second-order valence-electron chi connectivity index (χ2n) is 6.59. The zero-order valence-corrected chi connectivity index (χ0v) is 15.7. The van der Waals surface area contributed by atoms with Crippen molar-refractivity contribution in [1.29, 1.82) is 5.26 Å². The zero-order chi connectivity index (χ0) is 18.9. The van der Waals surface area contributed by atoms with Gasteiger partial charge in [0.1, 0.15) is 11.8 Å². The molecule has 136 valence electrons. The Bertz CT molecular complexity index is 876. The van der Waals surface area contributed by atoms with Crippen LogP contribution in [0.1, 0.15) is 36.5 Å². The number of aromatic nitrogens is 1. The first-order valence-electron chi connectivity index (χ1n) is 9.45. The number of unbranched alkanes of at least 4 members (excludes halogenated alkanes) is 1. The molecule has 0 amide bonds. The molecule has 2 aromatic carbocycles. The lowest BCUT2D eigenvalue weighted by Gasteiger charge is -2.07. The number of ether oxygens (including phenoxy) is 1. The highest BCUT2D eigenvalue weighted by Gasteiger charge is 2.02. The van der Waals surface area contributed by atoms with Gasteiger partial charge in [0, 0.05) is 11.8 Å². The van der Waals surface area contributed by atoms with E-state index in [1.54, 1.807) is 12.3 Å². The predicted molar refractivity (Wildman–Crippen MR) is 109 cm³/mol. The van der Waals surface area contributed by atoms with Gasteiger partial charge in [0.15, 0.2) is 0 Å². The first-order chi connectivity index (χ1) is 13.3. The fourth-order valence-electron chi connectivity index (χ4n) is 2.85. The summed E-state index contributed by atoms with van der Waals surface area (Å²) < 4.78 is 5.71. The van der Waals surface area contributed by atoms with Gasteiger partial charge in [-0.05, 0) is 54.7 Å². The third kappa shape index (κ3) is 5.43. The fraction of sp³-hybridized carbons (Fsp3) is 0.250. The molecule has 3 nitrogen and oxygen atoms in total. The van der Waals surface area contributed by atoms with Gasteiger partial charge in [-0.15, -0.1) is 0 Å². The monoisotopic (exact) mass is 356 g/mol. The topological polar surface area (TPSA) is 45.9 Å². The first-order valence-corrected chi connectivity index (χ1v) is 9.45. The van der Waals surface area contributed by atoms with Crippen LogP contribution in [0.3, 0.4) is 0 Å². The number of hydrogen-bond donors (Lipinski definition) is 0. The molecule has 0 N–H and O–H groups in total. The van der Waals surface area contributed by atoms with E-state index in [4.69, 9.17) is 10.00 Å². The van der Waals surface area contributed by atoms with Gasteiger partial charge in [-0.25, -0.2) is 0 Å². The molecule has 0 aliphatic carbocycles. The molecule has 3 rings (SSSR count). The van der Waals surface area contributed by atoms with Crippen LogP contribution in [-0.4, -0.2) is 11.6 Å². The van der Waals surface area contributed by atoms with Crippen LogP contribution in [0.5, 0.6) is 5.75 Å². The third-order valence-electron chi connectivity index (χ3n) is 4.53. The number of nitrogens with zero attached hydrogens (tertiary/aromatic N) is 2. The second-order valence-corrected chi connectivity index (χ2v) is 6.59. The van der Waals surface area contributed by atoms with Gasteiger partial charge in [0.25, 0.3) is 0 Å². The lowest BCUT2D eigenvalue weighted by atomic mass is 10.0. The minimum atomic E-state index is 0.581. The summed E-state index contributed by atoms with van der Waals surface area (Å²) in [7, 11) is 0. The van der Waals surface area contributed by atoms with Crippen molar-refractivity contribution in [3.05, 3.63) is 83.6 Å². The molecule has 0 bridgehead atoms. The quantitative estimate of drug-likeness (QED) is 0.495. The summed E-state index contributed by atoms with van der Waals surface area (Å²) in [6.07, 6.45) is 5.85. The van der Waals surface area contributed by atoms with Crippen molar-refractivity contribution in [2.45, 2.75) is 32.6 Å². The average Bonchev–Trinajstić information content (AvgIpc) is 2.74. The lowest BCUT2D eigenvalue weighted by Crippen LogP contribution is -1.97. The average molecular weight is 356 g/mol. The van der Waals surface area contributed by atoms with Crippen LogP contribution in [0, 0.1) is 11.3 Å². The van der Waals surface area contributed by atoms with E-state index >= 15 is 0 Å². The maximum Gasteiger partial charge on any atom is 0.119 e. The van der Waals surface area contributed by atoms with Crippen LogP contribution in [0.15, 0.2) is 66.9 Å². The summed E-state index contributed by atoms with van der Waals surface area (Å²) in [5.41, 5.74) is 5.15. The molecule has 27 heavy (non-hydrogen) atoms. The largest absolute Gasteiger partial charge is 0.494 e. The molecule has 1 heterocycles. The van der Waals surface area contributed by atoms with Crippen molar-refractivity contribution in [3.8, 4) is 23.1 Å². The van der Waals surface area contributed by atoms with Gasteiger partial charge >= 0.3 is 0 Å². The van der Waals surface area contributed by atoms with E-state index in [-0.39, 0.29) is 0 Å². The van der Waals surface area contributed by atoms with Crippen LogP contribution in [0.25, 0.3) is 11.3 Å². The van der Waals surface area contributed by atoms with E-state index in [9.17, 15) is 0 Å². The molecule has 0 aliphatic rings. The molecule has 0 aliphatic heterocycles. The molecule has 0 radical (unpaired) electrons. The maximum atomic E-state index is 8.86. The molecule has 0 saturated heterocycles. The highest BCUT2D eigenvalue weighted by molar-refractivity contribution is 5.59. The van der Waals surface area contributed by atoms with Gasteiger partial charge in [0.2, 0.25) is 0 Å². The second kappa shape index (κ2) is 9.54. The molecule has 0 spiro atoms. The molecular formula is C24H24N2O. The molecule has 3 heteroatoms. The fourth-order valence-corrected chi connectivity index (χ4v) is 2.85. The van der Waals surface area contributed by atoms with E-state index in [0.29, 0.717) is 5.56 Å². The molecule has 0 fully saturated rings. The summed E-state index contributed by atoms with van der Waals surface area (Å²) in [5.74, 6) is 0.950. The number of hydrogen-bond acceptors (Lipinski definition) is 3. The Kier molecular flexibility index (Phi) is 6.60. The Morgan fingerprint density at radius 2 is 1.56 bits per heavy atom. The number of pyridine rings is 1. The Morgan fingerprint density at radius 1 is 0.889 bits per heavy atom. The number of rotatable bonds is 8. The summed E-state index contributed by atoms with van der Waals surface area (Å²) in [6.45, 7) is 2.95. The first kappa shape index (κ1) is 18.7. The van der Waals surface area contributed by atoms with Gasteiger partial charge < -0.3 is 4.74 Å². The van der Waals surface area contributed by atoms with Crippen molar-refractivity contribution >= 4 is 0 Å². The van der Waals surface area contributed by atoms with Crippen LogP contribution >= 0.6 is 0 Å². The van der Waals surface area contributed by atoms with E-state index in [2.05, 4.69) is 66.5 Å². The summed E-state index contributed by atoms with van der Waals surface area (Å²) in [6, 6.07) is 22.7. The van der Waals surface area contributed by atoms with Crippen molar-refractivity contribution in [2.24, 2.45) is 0 Å². The summed E-state index contributed by atoms with van der Waals surface area (Å²) in [5, 5.41) is 8.86. The van der Waals surface area contributed by atoms with Crippen LogP contribution in [-0.2, 0) is 12.8 Å². The lowest BCUT2D eigenvalue weighted by molar-refractivity contribution is 0.309. The Labute approximate surface area is 161 Å². The minimum Gasteiger partial charge on any atom is -0.494 e. The van der Waals surface area contributed by atoms with Crippen LogP contribution < -0.4 is 4.74 Å². The standard InChI is InChI=1S/C24H24N2O/c1-2-3-16-27-23-13-8-20(9-14-23)5-4-19-6-11-22(12-7-19)24-15-10-21(17-25)18-26-24/h6-15,18H,2-5,16H2,1H3. The Hall–Kier alpha value is -3.12. The molecule has 0 atom stereocenters. The van der Waals surface area contributed by atoms with Gasteiger partial charge in [-0.2, -0.15) is 5.26 Å². The van der Waals surface area contributed by atoms with E-state index < -0.39 is 0 Å². The predicted octanol–water partition coefficient (Wildman–Crippen LogP) is 5.58. The Balaban J connectivity index is 1.54. The molecular weight excluding hydrogens is 332 g/mol. The molecule has 0 unspecified atom stereocenters. The SMILES string of the molecule is CCCCOc1ccc(CCc2ccc(-c3ccc(C#N)cn3)cc2)cc1. The van der Waals surface area contributed by atoms with Crippen molar-refractivity contribution in [1.82, 2.24) is 4.98 Å². The van der Waals surface area contributed by atoms with Crippen LogP contribution in [0.2, 0.25) is 0 Å². The van der Waals surface area contributed by atoms with E-state index in [1.807, 2.05) is 6.07 Å². The molecule has 0 saturated carbocycles. The third-order valence-corrected chi connectivity index (χ3v) is 4.53. The van der Waals surface area contributed by atoms with Crippen molar-refractivity contribution in [2.75, 3.05) is 6.61 Å². The highest BCUT2D eigenvalue weighted by atomic mass is 16.5. The summed E-state index contributed by atoms with van der Waals surface area (Å²) >= 11 is 0. The van der Waals surface area contributed by atoms with Crippen molar-refractivity contribution in [3.63, 3.8) is 0 Å². The smallest absolute Gasteiger partial charge is 0.119 e.